The van der Waals surface area contributed by atoms with Crippen LogP contribution in [0.2, 0.25) is 0 Å². The lowest BCUT2D eigenvalue weighted by Gasteiger charge is -2.39. The lowest BCUT2D eigenvalue weighted by Crippen LogP contribution is -2.40. The van der Waals surface area contributed by atoms with Crippen molar-refractivity contribution in [2.24, 2.45) is 0 Å². The third-order valence-corrected chi connectivity index (χ3v) is 4.23. The maximum Gasteiger partial charge on any atom is 0.308 e. The van der Waals surface area contributed by atoms with Crippen molar-refractivity contribution >= 4 is 5.97 Å². The molecule has 0 aliphatic carbocycles. The van der Waals surface area contributed by atoms with E-state index in [1.54, 1.807) is 6.92 Å². The Bertz CT molecular complexity index is 520. The number of hydrogen-bond acceptors (Lipinski definition) is 5. The van der Waals surface area contributed by atoms with Crippen LogP contribution in [-0.2, 0) is 29.6 Å². The average molecular weight is 306 g/mol. The van der Waals surface area contributed by atoms with E-state index in [9.17, 15) is 4.79 Å². The molecule has 1 spiro atoms. The van der Waals surface area contributed by atoms with Crippen molar-refractivity contribution in [3.05, 3.63) is 35.4 Å². The minimum atomic E-state index is -0.557. The second-order valence-corrected chi connectivity index (χ2v) is 5.77. The van der Waals surface area contributed by atoms with Gasteiger partial charge in [0.15, 0.2) is 5.60 Å². The Morgan fingerprint density at radius 1 is 1.36 bits per heavy atom. The number of fused-ring (bicyclic) bond motifs is 2. The Morgan fingerprint density at radius 3 is 3.09 bits per heavy atom. The molecule has 2 heterocycles. The van der Waals surface area contributed by atoms with E-state index >= 15 is 0 Å². The molecule has 2 aliphatic heterocycles. The molecule has 0 saturated carbocycles. The molecule has 1 saturated heterocycles. The molecule has 120 valence electrons. The zero-order chi connectivity index (χ0) is 15.4. The summed E-state index contributed by atoms with van der Waals surface area (Å²) in [5.74, 6) is -0.279. The smallest absolute Gasteiger partial charge is 0.308 e. The summed E-state index contributed by atoms with van der Waals surface area (Å²) in [5.41, 5.74) is 1.50. The Labute approximate surface area is 130 Å². The van der Waals surface area contributed by atoms with Crippen LogP contribution in [0.4, 0.5) is 0 Å². The summed E-state index contributed by atoms with van der Waals surface area (Å²) in [6.45, 7) is 3.39. The average Bonchev–Trinajstić information content (AvgIpc) is 2.77. The van der Waals surface area contributed by atoms with Crippen molar-refractivity contribution in [3.8, 4) is 0 Å². The van der Waals surface area contributed by atoms with E-state index in [0.717, 1.165) is 37.0 Å². The minimum Gasteiger partial charge on any atom is -0.466 e. The first-order valence-corrected chi connectivity index (χ1v) is 7.92. The molecule has 0 N–H and O–H groups in total. The van der Waals surface area contributed by atoms with Crippen molar-refractivity contribution < 1.29 is 24.0 Å². The highest BCUT2D eigenvalue weighted by Crippen LogP contribution is 2.44. The summed E-state index contributed by atoms with van der Waals surface area (Å²) in [6.07, 6.45) is 2.64. The standard InChI is InChI=1S/C17H22O5/c1-2-20-16(18)11-15-13-7-3-4-8-14(13)17(22-21-15)9-5-6-10-19-12-17/h3-4,7-8,15H,2,5-6,9-12H2,1H3. The summed E-state index contributed by atoms with van der Waals surface area (Å²) in [6, 6.07) is 7.98. The first kappa shape index (κ1) is 15.5. The second-order valence-electron chi connectivity index (χ2n) is 5.77. The van der Waals surface area contributed by atoms with E-state index in [2.05, 4.69) is 0 Å². The summed E-state index contributed by atoms with van der Waals surface area (Å²) >= 11 is 0. The zero-order valence-corrected chi connectivity index (χ0v) is 12.9. The minimum absolute atomic E-state index is 0.155. The molecule has 1 fully saturated rings. The number of esters is 1. The van der Waals surface area contributed by atoms with Crippen LogP contribution in [0, 0.1) is 0 Å². The monoisotopic (exact) mass is 306 g/mol. The predicted octanol–water partition coefficient (Wildman–Crippen LogP) is 3.04. The fourth-order valence-corrected chi connectivity index (χ4v) is 3.16. The fourth-order valence-electron chi connectivity index (χ4n) is 3.16. The van der Waals surface area contributed by atoms with Crippen LogP contribution in [-0.4, -0.2) is 25.8 Å². The van der Waals surface area contributed by atoms with Gasteiger partial charge in [-0.25, -0.2) is 9.78 Å². The molecule has 0 bridgehead atoms. The van der Waals surface area contributed by atoms with Gasteiger partial charge in [0.2, 0.25) is 0 Å². The van der Waals surface area contributed by atoms with Gasteiger partial charge in [0, 0.05) is 6.61 Å². The maximum atomic E-state index is 11.8. The van der Waals surface area contributed by atoms with Gasteiger partial charge in [0.25, 0.3) is 0 Å². The molecule has 3 rings (SSSR count). The quantitative estimate of drug-likeness (QED) is 0.634. The summed E-state index contributed by atoms with van der Waals surface area (Å²) in [5, 5.41) is 0. The SMILES string of the molecule is CCOC(=O)CC1OOC2(CCCCOC2)c2ccccc21. The zero-order valence-electron chi connectivity index (χ0n) is 12.9. The van der Waals surface area contributed by atoms with Crippen LogP contribution < -0.4 is 0 Å². The molecule has 0 amide bonds. The highest BCUT2D eigenvalue weighted by molar-refractivity contribution is 5.70. The maximum absolute atomic E-state index is 11.8. The topological polar surface area (TPSA) is 54.0 Å². The largest absolute Gasteiger partial charge is 0.466 e. The van der Waals surface area contributed by atoms with Crippen molar-refractivity contribution in [1.29, 1.82) is 0 Å². The lowest BCUT2D eigenvalue weighted by atomic mass is 9.83. The van der Waals surface area contributed by atoms with E-state index in [0.29, 0.717) is 13.2 Å². The van der Waals surface area contributed by atoms with Gasteiger partial charge in [-0.15, -0.1) is 0 Å². The molecule has 2 unspecified atom stereocenters. The van der Waals surface area contributed by atoms with Gasteiger partial charge in [-0.05, 0) is 37.3 Å². The fraction of sp³-hybridized carbons (Fsp3) is 0.588. The predicted molar refractivity (Wildman–Crippen MR) is 79.0 cm³/mol. The molecule has 0 radical (unpaired) electrons. The van der Waals surface area contributed by atoms with Crippen LogP contribution in [0.25, 0.3) is 0 Å². The molecule has 0 aromatic heterocycles. The Balaban J connectivity index is 1.87. The van der Waals surface area contributed by atoms with Gasteiger partial charge in [0.05, 0.1) is 19.6 Å². The van der Waals surface area contributed by atoms with Crippen molar-refractivity contribution in [3.63, 3.8) is 0 Å². The normalized spacial score (nSPS) is 28.0. The van der Waals surface area contributed by atoms with E-state index in [-0.39, 0.29) is 12.4 Å². The Morgan fingerprint density at radius 2 is 2.23 bits per heavy atom. The van der Waals surface area contributed by atoms with Crippen molar-refractivity contribution in [2.45, 2.75) is 44.3 Å². The first-order chi connectivity index (χ1) is 10.7. The molecule has 5 nitrogen and oxygen atoms in total. The Hall–Kier alpha value is -1.43. The van der Waals surface area contributed by atoms with Gasteiger partial charge in [-0.2, -0.15) is 0 Å². The molecule has 2 atom stereocenters. The number of ether oxygens (including phenoxy) is 2. The molecular formula is C17H22O5. The molecule has 22 heavy (non-hydrogen) atoms. The van der Waals surface area contributed by atoms with Crippen LogP contribution in [0.1, 0.15) is 49.8 Å². The molecule has 5 heteroatoms. The van der Waals surface area contributed by atoms with Gasteiger partial charge >= 0.3 is 5.97 Å². The lowest BCUT2D eigenvalue weighted by molar-refractivity contribution is -0.410. The van der Waals surface area contributed by atoms with E-state index in [4.69, 9.17) is 19.2 Å². The summed E-state index contributed by atoms with van der Waals surface area (Å²) < 4.78 is 10.7. The summed E-state index contributed by atoms with van der Waals surface area (Å²) in [4.78, 5) is 23.1. The number of rotatable bonds is 3. The van der Waals surface area contributed by atoms with E-state index in [1.807, 2.05) is 24.3 Å². The number of carbonyl (C=O) groups is 1. The first-order valence-electron chi connectivity index (χ1n) is 7.92. The molecule has 2 aliphatic rings. The van der Waals surface area contributed by atoms with Crippen LogP contribution in [0.15, 0.2) is 24.3 Å². The molecular weight excluding hydrogens is 284 g/mol. The second kappa shape index (κ2) is 6.77. The number of hydrogen-bond donors (Lipinski definition) is 0. The van der Waals surface area contributed by atoms with Crippen LogP contribution in [0.5, 0.6) is 0 Å². The number of benzene rings is 1. The van der Waals surface area contributed by atoms with Gasteiger partial charge in [0.1, 0.15) is 6.10 Å². The third-order valence-electron chi connectivity index (χ3n) is 4.23. The highest BCUT2D eigenvalue weighted by Gasteiger charge is 2.44. The molecule has 1 aromatic carbocycles. The Kier molecular flexibility index (Phi) is 4.76. The van der Waals surface area contributed by atoms with Crippen LogP contribution in [0.3, 0.4) is 0 Å². The number of carbonyl (C=O) groups excluding carboxylic acids is 1. The van der Waals surface area contributed by atoms with E-state index < -0.39 is 11.7 Å². The van der Waals surface area contributed by atoms with Gasteiger partial charge in [-0.3, -0.25) is 4.79 Å². The highest BCUT2D eigenvalue weighted by atomic mass is 17.2. The van der Waals surface area contributed by atoms with Crippen molar-refractivity contribution in [2.75, 3.05) is 19.8 Å². The van der Waals surface area contributed by atoms with Gasteiger partial charge < -0.3 is 9.47 Å². The van der Waals surface area contributed by atoms with Crippen LogP contribution >= 0.6 is 0 Å². The van der Waals surface area contributed by atoms with E-state index in [1.165, 1.54) is 0 Å². The summed E-state index contributed by atoms with van der Waals surface area (Å²) in [7, 11) is 0. The van der Waals surface area contributed by atoms with Gasteiger partial charge in [-0.1, -0.05) is 24.3 Å². The van der Waals surface area contributed by atoms with Crippen molar-refractivity contribution in [1.82, 2.24) is 0 Å². The molecule has 1 aromatic rings. The third kappa shape index (κ3) is 3.02.